The summed E-state index contributed by atoms with van der Waals surface area (Å²) in [6.07, 6.45) is 0. The van der Waals surface area contributed by atoms with Gasteiger partial charge in [-0.15, -0.1) is 0 Å². The fraction of sp³-hybridized carbons (Fsp3) is 0.133. The smallest absolute Gasteiger partial charge is 0.280 e. The SMILES string of the molecule is COc1ccc(Oc2ccc([N+](=O)[O-])c(C(C)=O)c2)cc1. The predicted octanol–water partition coefficient (Wildman–Crippen LogP) is 3.60. The van der Waals surface area contributed by atoms with E-state index in [1.807, 2.05) is 0 Å². The molecule has 0 aliphatic carbocycles. The van der Waals surface area contributed by atoms with E-state index in [4.69, 9.17) is 9.47 Å². The summed E-state index contributed by atoms with van der Waals surface area (Å²) in [5.74, 6) is 1.20. The first-order chi connectivity index (χ1) is 10.0. The topological polar surface area (TPSA) is 78.7 Å². The Hall–Kier alpha value is -2.89. The van der Waals surface area contributed by atoms with Gasteiger partial charge in [0.1, 0.15) is 17.2 Å². The van der Waals surface area contributed by atoms with Crippen LogP contribution in [-0.2, 0) is 0 Å². The summed E-state index contributed by atoms with van der Waals surface area (Å²) in [5, 5.41) is 10.9. The van der Waals surface area contributed by atoms with Crippen molar-refractivity contribution in [2.75, 3.05) is 7.11 Å². The van der Waals surface area contributed by atoms with Gasteiger partial charge in [-0.25, -0.2) is 0 Å². The Kier molecular flexibility index (Phi) is 4.18. The lowest BCUT2D eigenvalue weighted by Crippen LogP contribution is -2.00. The Morgan fingerprint density at radius 3 is 2.14 bits per heavy atom. The molecule has 0 saturated carbocycles. The third-order valence-corrected chi connectivity index (χ3v) is 2.84. The van der Waals surface area contributed by atoms with Gasteiger partial charge in [-0.2, -0.15) is 0 Å². The lowest BCUT2D eigenvalue weighted by molar-refractivity contribution is -0.385. The van der Waals surface area contributed by atoms with Crippen molar-refractivity contribution in [3.05, 3.63) is 58.1 Å². The van der Waals surface area contributed by atoms with E-state index in [-0.39, 0.29) is 17.0 Å². The summed E-state index contributed by atoms with van der Waals surface area (Å²) >= 11 is 0. The number of rotatable bonds is 5. The number of hydrogen-bond acceptors (Lipinski definition) is 5. The molecule has 0 aromatic heterocycles. The van der Waals surface area contributed by atoms with Crippen molar-refractivity contribution in [3.63, 3.8) is 0 Å². The minimum absolute atomic E-state index is 0.0195. The summed E-state index contributed by atoms with van der Waals surface area (Å²) in [7, 11) is 1.56. The van der Waals surface area contributed by atoms with Crippen molar-refractivity contribution in [1.29, 1.82) is 0 Å². The molecule has 0 spiro atoms. The Morgan fingerprint density at radius 1 is 1.05 bits per heavy atom. The number of ether oxygens (including phenoxy) is 2. The zero-order chi connectivity index (χ0) is 15.4. The number of Topliss-reactive ketones (excluding diaryl/α,β-unsaturated/α-hetero) is 1. The van der Waals surface area contributed by atoms with Gasteiger partial charge in [0, 0.05) is 6.07 Å². The van der Waals surface area contributed by atoms with Gasteiger partial charge in [0.2, 0.25) is 0 Å². The van der Waals surface area contributed by atoms with Crippen LogP contribution in [0.5, 0.6) is 17.2 Å². The van der Waals surface area contributed by atoms with Gasteiger partial charge in [0.05, 0.1) is 17.6 Å². The number of nitro groups is 1. The molecule has 0 aliphatic heterocycles. The van der Waals surface area contributed by atoms with Crippen LogP contribution in [0.25, 0.3) is 0 Å². The second-order valence-electron chi connectivity index (χ2n) is 4.27. The zero-order valence-electron chi connectivity index (χ0n) is 11.5. The first-order valence-corrected chi connectivity index (χ1v) is 6.12. The van der Waals surface area contributed by atoms with E-state index in [2.05, 4.69) is 0 Å². The number of nitro benzene ring substituents is 1. The van der Waals surface area contributed by atoms with E-state index in [9.17, 15) is 14.9 Å². The first-order valence-electron chi connectivity index (χ1n) is 6.12. The molecule has 2 aromatic carbocycles. The minimum Gasteiger partial charge on any atom is -0.497 e. The Balaban J connectivity index is 2.29. The van der Waals surface area contributed by atoms with E-state index in [0.29, 0.717) is 17.2 Å². The number of nitrogens with zero attached hydrogens (tertiary/aromatic N) is 1. The fourth-order valence-electron chi connectivity index (χ4n) is 1.80. The van der Waals surface area contributed by atoms with E-state index in [1.54, 1.807) is 31.4 Å². The molecule has 0 bridgehead atoms. The van der Waals surface area contributed by atoms with Gasteiger partial charge in [-0.1, -0.05) is 0 Å². The molecule has 0 amide bonds. The average molecular weight is 287 g/mol. The quantitative estimate of drug-likeness (QED) is 0.477. The van der Waals surface area contributed by atoms with Crippen molar-refractivity contribution >= 4 is 11.5 Å². The van der Waals surface area contributed by atoms with Gasteiger partial charge < -0.3 is 9.47 Å². The molecule has 6 nitrogen and oxygen atoms in total. The molecule has 108 valence electrons. The highest BCUT2D eigenvalue weighted by Crippen LogP contribution is 2.28. The molecule has 21 heavy (non-hydrogen) atoms. The van der Waals surface area contributed by atoms with E-state index in [1.165, 1.54) is 25.1 Å². The summed E-state index contributed by atoms with van der Waals surface area (Å²) in [6, 6.07) is 10.9. The standard InChI is InChI=1S/C15H13NO5/c1-10(17)14-9-13(7-8-15(14)16(18)19)21-12-5-3-11(20-2)4-6-12/h3-9H,1-2H3. The highest BCUT2D eigenvalue weighted by molar-refractivity contribution is 5.98. The van der Waals surface area contributed by atoms with Crippen LogP contribution in [0.4, 0.5) is 5.69 Å². The normalized spacial score (nSPS) is 10.0. The van der Waals surface area contributed by atoms with E-state index in [0.717, 1.165) is 0 Å². The van der Waals surface area contributed by atoms with Crippen molar-refractivity contribution in [2.45, 2.75) is 6.92 Å². The lowest BCUT2D eigenvalue weighted by Gasteiger charge is -2.08. The van der Waals surface area contributed by atoms with Gasteiger partial charge in [0.25, 0.3) is 5.69 Å². The lowest BCUT2D eigenvalue weighted by atomic mass is 10.1. The summed E-state index contributed by atoms with van der Waals surface area (Å²) in [4.78, 5) is 21.8. The van der Waals surface area contributed by atoms with Gasteiger partial charge >= 0.3 is 0 Å². The summed E-state index contributed by atoms with van der Waals surface area (Å²) in [5.41, 5.74) is -0.212. The van der Waals surface area contributed by atoms with Crippen molar-refractivity contribution < 1.29 is 19.2 Å². The van der Waals surface area contributed by atoms with Crippen LogP contribution in [0.3, 0.4) is 0 Å². The molecule has 0 unspecified atom stereocenters. The van der Waals surface area contributed by atoms with Crippen LogP contribution in [0, 0.1) is 10.1 Å². The molecule has 0 fully saturated rings. The molecule has 6 heteroatoms. The minimum atomic E-state index is -0.589. The van der Waals surface area contributed by atoms with Crippen molar-refractivity contribution in [1.82, 2.24) is 0 Å². The molecule has 0 aliphatic rings. The van der Waals surface area contributed by atoms with Crippen molar-refractivity contribution in [3.8, 4) is 17.2 Å². The molecule has 2 aromatic rings. The maximum atomic E-state index is 11.5. The average Bonchev–Trinajstić information content (AvgIpc) is 2.47. The number of carbonyl (C=O) groups excluding carboxylic acids is 1. The number of hydrogen-bond donors (Lipinski definition) is 0. The number of ketones is 1. The second-order valence-corrected chi connectivity index (χ2v) is 4.27. The molecular weight excluding hydrogens is 274 g/mol. The number of methoxy groups -OCH3 is 1. The molecule has 0 N–H and O–H groups in total. The fourth-order valence-corrected chi connectivity index (χ4v) is 1.80. The monoisotopic (exact) mass is 287 g/mol. The highest BCUT2D eigenvalue weighted by Gasteiger charge is 2.18. The number of benzene rings is 2. The van der Waals surface area contributed by atoms with Crippen LogP contribution in [0.1, 0.15) is 17.3 Å². The largest absolute Gasteiger partial charge is 0.497 e. The van der Waals surface area contributed by atoms with E-state index < -0.39 is 4.92 Å². The van der Waals surface area contributed by atoms with Crippen molar-refractivity contribution in [2.24, 2.45) is 0 Å². The van der Waals surface area contributed by atoms with Crippen LogP contribution >= 0.6 is 0 Å². The first kappa shape index (κ1) is 14.5. The van der Waals surface area contributed by atoms with E-state index >= 15 is 0 Å². The summed E-state index contributed by atoms with van der Waals surface area (Å²) < 4.78 is 10.6. The Morgan fingerprint density at radius 2 is 1.62 bits per heavy atom. The third-order valence-electron chi connectivity index (χ3n) is 2.84. The molecular formula is C15H13NO5. The molecule has 2 rings (SSSR count). The maximum absolute atomic E-state index is 11.5. The zero-order valence-corrected chi connectivity index (χ0v) is 11.5. The highest BCUT2D eigenvalue weighted by atomic mass is 16.6. The molecule has 0 atom stereocenters. The second kappa shape index (κ2) is 6.04. The van der Waals surface area contributed by atoms with Crippen LogP contribution in [0.2, 0.25) is 0 Å². The maximum Gasteiger partial charge on any atom is 0.280 e. The Bertz CT molecular complexity index is 679. The Labute approximate surface area is 121 Å². The molecule has 0 heterocycles. The van der Waals surface area contributed by atoms with Gasteiger partial charge in [-0.05, 0) is 43.3 Å². The predicted molar refractivity (Wildman–Crippen MR) is 76.2 cm³/mol. The number of carbonyl (C=O) groups is 1. The third kappa shape index (κ3) is 3.36. The van der Waals surface area contributed by atoms with Gasteiger partial charge in [0.15, 0.2) is 5.78 Å². The van der Waals surface area contributed by atoms with Crippen LogP contribution in [-0.4, -0.2) is 17.8 Å². The van der Waals surface area contributed by atoms with Gasteiger partial charge in [-0.3, -0.25) is 14.9 Å². The van der Waals surface area contributed by atoms with Crippen LogP contribution < -0.4 is 9.47 Å². The molecule has 0 saturated heterocycles. The summed E-state index contributed by atoms with van der Waals surface area (Å²) in [6.45, 7) is 1.28. The molecule has 0 radical (unpaired) electrons. The van der Waals surface area contributed by atoms with Crippen LogP contribution in [0.15, 0.2) is 42.5 Å².